The highest BCUT2D eigenvalue weighted by molar-refractivity contribution is 6.39. The summed E-state index contributed by atoms with van der Waals surface area (Å²) < 4.78 is 5.11. The van der Waals surface area contributed by atoms with Crippen LogP contribution in [0.5, 0.6) is 0 Å². The van der Waals surface area contributed by atoms with Crippen molar-refractivity contribution in [2.24, 2.45) is 11.1 Å². The van der Waals surface area contributed by atoms with E-state index in [0.29, 0.717) is 16.8 Å². The molecule has 2 amide bonds. The minimum atomic E-state index is -1.71. The van der Waals surface area contributed by atoms with Gasteiger partial charge >= 0.3 is 11.9 Å². The zero-order chi connectivity index (χ0) is 36.0. The zero-order valence-electron chi connectivity index (χ0n) is 27.1. The predicted molar refractivity (Wildman–Crippen MR) is 186 cm³/mol. The monoisotopic (exact) mass is 720 g/mol. The number of amides is 2. The number of halogens is 2. The maximum absolute atomic E-state index is 14.1. The van der Waals surface area contributed by atoms with Crippen molar-refractivity contribution in [1.82, 2.24) is 15.6 Å². The molecule has 2 heterocycles. The number of H-pyrrole nitrogens is 1. The lowest BCUT2D eigenvalue weighted by Gasteiger charge is -2.29. The number of hydrogen-bond donors (Lipinski definition) is 4. The minimum absolute atomic E-state index is 0.000260. The second-order valence-electron chi connectivity index (χ2n) is 12.2. The van der Waals surface area contributed by atoms with Crippen LogP contribution in [-0.4, -0.2) is 69.6 Å². The number of rotatable bonds is 14. The van der Waals surface area contributed by atoms with Crippen LogP contribution in [0.1, 0.15) is 53.0 Å². The number of para-hydroxylation sites is 1. The summed E-state index contributed by atoms with van der Waals surface area (Å²) in [6.07, 6.45) is 0.734. The average Bonchev–Trinajstić information content (AvgIpc) is 3.71. The van der Waals surface area contributed by atoms with Gasteiger partial charge in [-0.3, -0.25) is 19.2 Å². The smallest absolute Gasteiger partial charge is 0.341 e. The molecule has 4 aromatic rings. The van der Waals surface area contributed by atoms with Crippen LogP contribution < -0.4 is 10.6 Å². The van der Waals surface area contributed by atoms with Gasteiger partial charge in [0, 0.05) is 29.9 Å². The summed E-state index contributed by atoms with van der Waals surface area (Å²) in [5.41, 5.74) is 0.442. The predicted octanol–water partition coefficient (Wildman–Crippen LogP) is 5.37. The summed E-state index contributed by atoms with van der Waals surface area (Å²) in [6, 6.07) is 18.4. The highest BCUT2D eigenvalue weighted by Gasteiger charge is 2.49. The largest absolute Gasteiger partial charge is 0.481 e. The molecule has 3 unspecified atom stereocenters. The van der Waals surface area contributed by atoms with Crippen LogP contribution in [0, 0.1) is 5.92 Å². The molecule has 0 radical (unpaired) electrons. The molecule has 0 fully saturated rings. The van der Waals surface area contributed by atoms with Crippen LogP contribution in [0.4, 0.5) is 0 Å². The van der Waals surface area contributed by atoms with Gasteiger partial charge in [-0.2, -0.15) is 0 Å². The van der Waals surface area contributed by atoms with Crippen LogP contribution in [-0.2, 0) is 30.4 Å². The van der Waals surface area contributed by atoms with Gasteiger partial charge in [-0.1, -0.05) is 96.8 Å². The van der Waals surface area contributed by atoms with E-state index in [2.05, 4.69) is 20.8 Å². The van der Waals surface area contributed by atoms with Gasteiger partial charge in [-0.15, -0.1) is 0 Å². The van der Waals surface area contributed by atoms with Gasteiger partial charge in [0.1, 0.15) is 6.04 Å². The first-order valence-electron chi connectivity index (χ1n) is 15.7. The third-order valence-corrected chi connectivity index (χ3v) is 8.91. The van der Waals surface area contributed by atoms with Gasteiger partial charge in [0.2, 0.25) is 5.60 Å². The first-order chi connectivity index (χ1) is 23.9. The summed E-state index contributed by atoms with van der Waals surface area (Å²) in [7, 11) is 0. The lowest BCUT2D eigenvalue weighted by atomic mass is 9.84. The molecule has 0 saturated heterocycles. The fourth-order valence-corrected chi connectivity index (χ4v) is 6.27. The van der Waals surface area contributed by atoms with E-state index in [1.807, 2.05) is 38.1 Å². The molecular formula is C36H34Cl2N4O8. The summed E-state index contributed by atoms with van der Waals surface area (Å²) in [5, 5.41) is 20.2. The Morgan fingerprint density at radius 2 is 1.64 bits per heavy atom. The number of ether oxygens (including phenoxy) is 1. The van der Waals surface area contributed by atoms with Crippen molar-refractivity contribution in [2.75, 3.05) is 6.61 Å². The molecule has 50 heavy (non-hydrogen) atoms. The highest BCUT2D eigenvalue weighted by atomic mass is 35.5. The van der Waals surface area contributed by atoms with Crippen LogP contribution in [0.3, 0.4) is 0 Å². The molecule has 260 valence electrons. The van der Waals surface area contributed by atoms with Crippen molar-refractivity contribution in [2.45, 2.75) is 50.8 Å². The number of esters is 1. The molecule has 3 atom stereocenters. The quantitative estimate of drug-likeness (QED) is 0.126. The molecule has 12 nitrogen and oxygen atoms in total. The third kappa shape index (κ3) is 8.15. The van der Waals surface area contributed by atoms with Gasteiger partial charge < -0.3 is 30.3 Å². The Bertz CT molecular complexity index is 1940. The molecule has 1 aliphatic rings. The number of carboxylic acids is 1. The minimum Gasteiger partial charge on any atom is -0.481 e. The molecule has 0 saturated carbocycles. The Hall–Kier alpha value is -5.20. The van der Waals surface area contributed by atoms with Gasteiger partial charge in [-0.25, -0.2) is 4.79 Å². The Morgan fingerprint density at radius 3 is 2.32 bits per heavy atom. The molecule has 1 aromatic heterocycles. The van der Waals surface area contributed by atoms with E-state index in [-0.39, 0.29) is 40.3 Å². The number of oxime groups is 1. The van der Waals surface area contributed by atoms with E-state index in [0.717, 1.165) is 10.9 Å². The lowest BCUT2D eigenvalue weighted by molar-refractivity contribution is -0.148. The number of carboxylic acid groups (broad SMARTS) is 1. The zero-order valence-corrected chi connectivity index (χ0v) is 28.6. The maximum Gasteiger partial charge on any atom is 0.341 e. The van der Waals surface area contributed by atoms with Crippen LogP contribution in [0.25, 0.3) is 10.9 Å². The summed E-state index contributed by atoms with van der Waals surface area (Å²) in [6.45, 7) is 2.90. The van der Waals surface area contributed by atoms with Gasteiger partial charge in [-0.05, 0) is 29.7 Å². The number of aromatic amines is 1. The summed E-state index contributed by atoms with van der Waals surface area (Å²) >= 11 is 12.1. The number of fused-ring (bicyclic) bond motifs is 1. The number of aliphatic carboxylic acids is 1. The highest BCUT2D eigenvalue weighted by Crippen LogP contribution is 2.32. The number of aromatic nitrogens is 1. The fourth-order valence-electron chi connectivity index (χ4n) is 5.72. The Kier molecular flexibility index (Phi) is 11.2. The summed E-state index contributed by atoms with van der Waals surface area (Å²) in [4.78, 5) is 74.3. The SMILES string of the molecule is CC(C)C(NC(=O)c1c[nH]c2ccccc12)C1=NOC(Cc2ccccc2)(C(=O)NC(CC(=O)O)C(=O)COC(=O)c2c(Cl)cccc2Cl)C1. The number of carbonyl (C=O) groups is 5. The topological polar surface area (TPSA) is 176 Å². The third-order valence-electron chi connectivity index (χ3n) is 8.28. The number of hydrogen-bond acceptors (Lipinski definition) is 8. The summed E-state index contributed by atoms with van der Waals surface area (Å²) in [5.74, 6) is -4.62. The Labute approximate surface area is 297 Å². The molecular weight excluding hydrogens is 687 g/mol. The van der Waals surface area contributed by atoms with E-state index >= 15 is 0 Å². The second-order valence-corrected chi connectivity index (χ2v) is 13.0. The van der Waals surface area contributed by atoms with Crippen molar-refractivity contribution in [3.63, 3.8) is 0 Å². The maximum atomic E-state index is 14.1. The first-order valence-corrected chi connectivity index (χ1v) is 16.5. The van der Waals surface area contributed by atoms with Crippen molar-refractivity contribution >= 4 is 69.4 Å². The van der Waals surface area contributed by atoms with E-state index < -0.39 is 54.3 Å². The number of benzene rings is 3. The molecule has 1 aliphatic heterocycles. The van der Waals surface area contributed by atoms with Gasteiger partial charge in [0.15, 0.2) is 12.4 Å². The van der Waals surface area contributed by atoms with Crippen molar-refractivity contribution < 1.29 is 38.7 Å². The first kappa shape index (κ1) is 36.1. The van der Waals surface area contributed by atoms with E-state index in [4.69, 9.17) is 32.8 Å². The van der Waals surface area contributed by atoms with Crippen molar-refractivity contribution in [1.29, 1.82) is 0 Å². The van der Waals surface area contributed by atoms with Gasteiger partial charge in [0.25, 0.3) is 11.8 Å². The molecule has 0 spiro atoms. The molecule has 4 N–H and O–H groups in total. The van der Waals surface area contributed by atoms with E-state index in [1.54, 1.807) is 36.5 Å². The normalized spacial score (nSPS) is 16.6. The van der Waals surface area contributed by atoms with Crippen LogP contribution >= 0.6 is 23.2 Å². The molecule has 0 bridgehead atoms. The molecule has 3 aromatic carbocycles. The standard InChI is InChI=1S/C36H34Cl2N4O8/c1-20(2)32(41-33(46)23-18-39-26-14-7-6-11-22(23)26)28-17-36(50-42-28,16-21-9-4-3-5-10-21)35(48)40-27(15-30(44)45)29(43)19-49-34(47)31-24(37)12-8-13-25(31)38/h3-14,18,20,27,32,39H,15-17,19H2,1-2H3,(H,40,48)(H,41,46)(H,44,45). The van der Waals surface area contributed by atoms with E-state index in [1.165, 1.54) is 18.2 Å². The number of Topliss-reactive ketones (excluding diaryl/α,β-unsaturated/α-hetero) is 1. The van der Waals surface area contributed by atoms with Crippen LogP contribution in [0.15, 0.2) is 84.1 Å². The van der Waals surface area contributed by atoms with Crippen molar-refractivity contribution in [3.8, 4) is 0 Å². The molecule has 5 rings (SSSR count). The number of nitrogens with zero attached hydrogens (tertiary/aromatic N) is 1. The average molecular weight is 722 g/mol. The van der Waals surface area contributed by atoms with Gasteiger partial charge in [0.05, 0.1) is 39.3 Å². The number of nitrogens with one attached hydrogen (secondary N) is 3. The molecule has 14 heteroatoms. The Morgan fingerprint density at radius 1 is 0.960 bits per heavy atom. The Balaban J connectivity index is 1.35. The molecule has 0 aliphatic carbocycles. The lowest BCUT2D eigenvalue weighted by Crippen LogP contribution is -2.55. The van der Waals surface area contributed by atoms with E-state index in [9.17, 15) is 29.1 Å². The second kappa shape index (κ2) is 15.6. The van der Waals surface area contributed by atoms with Crippen LogP contribution in [0.2, 0.25) is 10.0 Å². The fraction of sp³-hybridized carbons (Fsp3) is 0.278. The number of ketones is 1. The number of carbonyl (C=O) groups excluding carboxylic acids is 4. The van der Waals surface area contributed by atoms with Crippen molar-refractivity contribution in [3.05, 3.63) is 106 Å².